The van der Waals surface area contributed by atoms with E-state index < -0.39 is 0 Å². The maximum atomic E-state index is 13.3. The van der Waals surface area contributed by atoms with Gasteiger partial charge < -0.3 is 4.90 Å². The number of thiazole rings is 1. The van der Waals surface area contributed by atoms with E-state index in [2.05, 4.69) is 44.7 Å². The first-order valence-corrected chi connectivity index (χ1v) is 10.7. The van der Waals surface area contributed by atoms with Crippen molar-refractivity contribution in [3.8, 4) is 0 Å². The standard InChI is InChI=1S/C23H29N3OS/c1-6-25(7-2)12-13-26(22(27)19-10-8-16(3)9-11-19)23-24-20-14-17(4)18(5)15-21(20)28-23/h8-11,14-15H,6-7,12-13H2,1-5H3. The fourth-order valence-corrected chi connectivity index (χ4v) is 4.27. The number of carbonyl (C=O) groups excluding carboxylic acids is 1. The Morgan fingerprint density at radius 2 is 1.61 bits per heavy atom. The molecule has 3 rings (SSSR count). The summed E-state index contributed by atoms with van der Waals surface area (Å²) in [6, 6.07) is 12.1. The number of hydrogen-bond donors (Lipinski definition) is 0. The number of benzene rings is 2. The predicted molar refractivity (Wildman–Crippen MR) is 120 cm³/mol. The molecule has 0 unspecified atom stereocenters. The maximum Gasteiger partial charge on any atom is 0.260 e. The third kappa shape index (κ3) is 4.42. The minimum atomic E-state index is 0.0136. The van der Waals surface area contributed by atoms with Gasteiger partial charge in [-0.25, -0.2) is 4.98 Å². The van der Waals surface area contributed by atoms with E-state index in [1.807, 2.05) is 36.1 Å². The Hall–Kier alpha value is -2.24. The molecule has 0 fully saturated rings. The van der Waals surface area contributed by atoms with Gasteiger partial charge in [-0.05, 0) is 69.3 Å². The van der Waals surface area contributed by atoms with Crippen LogP contribution in [0, 0.1) is 20.8 Å². The van der Waals surface area contributed by atoms with Crippen LogP contribution in [-0.4, -0.2) is 42.0 Å². The van der Waals surface area contributed by atoms with E-state index >= 15 is 0 Å². The van der Waals surface area contributed by atoms with E-state index in [0.717, 1.165) is 40.5 Å². The number of rotatable bonds is 7. The number of amides is 1. The van der Waals surface area contributed by atoms with Gasteiger partial charge in [-0.3, -0.25) is 9.69 Å². The number of aryl methyl sites for hydroxylation is 3. The highest BCUT2D eigenvalue weighted by Crippen LogP contribution is 2.31. The van der Waals surface area contributed by atoms with Gasteiger partial charge in [-0.1, -0.05) is 42.9 Å². The van der Waals surface area contributed by atoms with Crippen molar-refractivity contribution in [1.82, 2.24) is 9.88 Å². The quantitative estimate of drug-likeness (QED) is 0.551. The van der Waals surface area contributed by atoms with Gasteiger partial charge >= 0.3 is 0 Å². The molecule has 0 aliphatic carbocycles. The highest BCUT2D eigenvalue weighted by atomic mass is 32.1. The summed E-state index contributed by atoms with van der Waals surface area (Å²) >= 11 is 1.60. The van der Waals surface area contributed by atoms with Gasteiger partial charge in [0, 0.05) is 18.7 Å². The normalized spacial score (nSPS) is 11.4. The molecule has 0 N–H and O–H groups in total. The predicted octanol–water partition coefficient (Wildman–Crippen LogP) is 5.21. The Kier molecular flexibility index (Phi) is 6.47. The zero-order chi connectivity index (χ0) is 20.3. The SMILES string of the molecule is CCN(CC)CCN(C(=O)c1ccc(C)cc1)c1nc2cc(C)c(C)cc2s1. The molecule has 0 spiro atoms. The third-order valence-corrected chi connectivity index (χ3v) is 6.34. The summed E-state index contributed by atoms with van der Waals surface area (Å²) in [5, 5.41) is 0.776. The van der Waals surface area contributed by atoms with E-state index in [9.17, 15) is 4.79 Å². The van der Waals surface area contributed by atoms with Crippen molar-refractivity contribution in [3.05, 3.63) is 58.7 Å². The summed E-state index contributed by atoms with van der Waals surface area (Å²) in [7, 11) is 0. The second-order valence-corrected chi connectivity index (χ2v) is 8.26. The molecule has 28 heavy (non-hydrogen) atoms. The van der Waals surface area contributed by atoms with Crippen molar-refractivity contribution in [2.24, 2.45) is 0 Å². The van der Waals surface area contributed by atoms with Crippen molar-refractivity contribution in [2.45, 2.75) is 34.6 Å². The van der Waals surface area contributed by atoms with Gasteiger partial charge in [0.1, 0.15) is 0 Å². The van der Waals surface area contributed by atoms with Crippen LogP contribution in [0.3, 0.4) is 0 Å². The maximum absolute atomic E-state index is 13.3. The largest absolute Gasteiger partial charge is 0.302 e. The molecule has 1 heterocycles. The fraction of sp³-hybridized carbons (Fsp3) is 0.391. The molecule has 0 atom stereocenters. The molecular weight excluding hydrogens is 366 g/mol. The average Bonchev–Trinajstić information content (AvgIpc) is 3.08. The van der Waals surface area contributed by atoms with Crippen LogP contribution >= 0.6 is 11.3 Å². The van der Waals surface area contributed by atoms with Gasteiger partial charge in [0.05, 0.1) is 10.2 Å². The van der Waals surface area contributed by atoms with Crippen LogP contribution in [0.25, 0.3) is 10.2 Å². The summed E-state index contributed by atoms with van der Waals surface area (Å²) in [4.78, 5) is 22.3. The summed E-state index contributed by atoms with van der Waals surface area (Å²) in [6.07, 6.45) is 0. The summed E-state index contributed by atoms with van der Waals surface area (Å²) in [6.45, 7) is 14.0. The molecule has 1 aromatic heterocycles. The second-order valence-electron chi connectivity index (χ2n) is 7.25. The zero-order valence-corrected chi connectivity index (χ0v) is 18.3. The van der Waals surface area contributed by atoms with Gasteiger partial charge in [0.25, 0.3) is 5.91 Å². The zero-order valence-electron chi connectivity index (χ0n) is 17.5. The molecule has 0 aliphatic rings. The van der Waals surface area contributed by atoms with Crippen molar-refractivity contribution < 1.29 is 4.79 Å². The lowest BCUT2D eigenvalue weighted by atomic mass is 10.1. The lowest BCUT2D eigenvalue weighted by Crippen LogP contribution is -2.38. The first-order valence-electron chi connectivity index (χ1n) is 9.91. The highest BCUT2D eigenvalue weighted by Gasteiger charge is 2.22. The molecular formula is C23H29N3OS. The Morgan fingerprint density at radius 3 is 2.25 bits per heavy atom. The topological polar surface area (TPSA) is 36.4 Å². The molecule has 3 aromatic rings. The fourth-order valence-electron chi connectivity index (χ4n) is 3.20. The molecule has 5 heteroatoms. The van der Waals surface area contributed by atoms with E-state index in [-0.39, 0.29) is 5.91 Å². The van der Waals surface area contributed by atoms with Gasteiger partial charge in [0.2, 0.25) is 0 Å². The molecule has 2 aromatic carbocycles. The average molecular weight is 396 g/mol. The van der Waals surface area contributed by atoms with E-state index in [4.69, 9.17) is 4.98 Å². The molecule has 1 amide bonds. The van der Waals surface area contributed by atoms with Crippen molar-refractivity contribution >= 4 is 32.6 Å². The van der Waals surface area contributed by atoms with Crippen LogP contribution in [0.5, 0.6) is 0 Å². The lowest BCUT2D eigenvalue weighted by Gasteiger charge is -2.24. The van der Waals surface area contributed by atoms with Crippen LogP contribution in [-0.2, 0) is 0 Å². The number of nitrogens with zero attached hydrogens (tertiary/aromatic N) is 3. The van der Waals surface area contributed by atoms with Gasteiger partial charge in [-0.2, -0.15) is 0 Å². The van der Waals surface area contributed by atoms with Gasteiger partial charge in [-0.15, -0.1) is 0 Å². The Bertz CT molecular complexity index is 919. The van der Waals surface area contributed by atoms with Crippen molar-refractivity contribution in [3.63, 3.8) is 0 Å². The van der Waals surface area contributed by atoms with Crippen LogP contribution in [0.2, 0.25) is 0 Å². The first kappa shape index (κ1) is 20.5. The van der Waals surface area contributed by atoms with E-state index in [1.54, 1.807) is 11.3 Å². The highest BCUT2D eigenvalue weighted by molar-refractivity contribution is 7.22. The lowest BCUT2D eigenvalue weighted by molar-refractivity contribution is 0.0984. The number of aromatic nitrogens is 1. The molecule has 148 valence electrons. The minimum Gasteiger partial charge on any atom is -0.302 e. The number of likely N-dealkylation sites (N-methyl/N-ethyl adjacent to an activating group) is 1. The second kappa shape index (κ2) is 8.84. The van der Waals surface area contributed by atoms with Crippen molar-refractivity contribution in [1.29, 1.82) is 0 Å². The molecule has 0 aliphatic heterocycles. The van der Waals surface area contributed by atoms with Crippen LogP contribution in [0.1, 0.15) is 40.9 Å². The third-order valence-electron chi connectivity index (χ3n) is 5.30. The van der Waals surface area contributed by atoms with Crippen LogP contribution in [0.15, 0.2) is 36.4 Å². The van der Waals surface area contributed by atoms with E-state index in [0.29, 0.717) is 12.1 Å². The Morgan fingerprint density at radius 1 is 0.964 bits per heavy atom. The van der Waals surface area contributed by atoms with Crippen LogP contribution < -0.4 is 4.90 Å². The number of carbonyl (C=O) groups is 1. The monoisotopic (exact) mass is 395 g/mol. The molecule has 0 saturated carbocycles. The number of fused-ring (bicyclic) bond motifs is 1. The molecule has 0 saturated heterocycles. The number of hydrogen-bond acceptors (Lipinski definition) is 4. The van der Waals surface area contributed by atoms with E-state index in [1.165, 1.54) is 11.1 Å². The summed E-state index contributed by atoms with van der Waals surface area (Å²) in [5.41, 5.74) is 5.30. The Balaban J connectivity index is 1.97. The summed E-state index contributed by atoms with van der Waals surface area (Å²) in [5.74, 6) is 0.0136. The molecule has 0 bridgehead atoms. The van der Waals surface area contributed by atoms with Crippen molar-refractivity contribution in [2.75, 3.05) is 31.1 Å². The smallest absolute Gasteiger partial charge is 0.260 e. The van der Waals surface area contributed by atoms with Gasteiger partial charge in [0.15, 0.2) is 5.13 Å². The molecule has 0 radical (unpaired) electrons. The summed E-state index contributed by atoms with van der Waals surface area (Å²) < 4.78 is 1.13. The minimum absolute atomic E-state index is 0.0136. The Labute approximate surface area is 171 Å². The first-order chi connectivity index (χ1) is 13.4. The molecule has 4 nitrogen and oxygen atoms in total. The number of anilines is 1. The van der Waals surface area contributed by atoms with Crippen LogP contribution in [0.4, 0.5) is 5.13 Å².